The molecule has 4 heterocycles. The summed E-state index contributed by atoms with van der Waals surface area (Å²) in [6.07, 6.45) is -1.79. The maximum Gasteiger partial charge on any atom is 0.416 e. The summed E-state index contributed by atoms with van der Waals surface area (Å²) < 4.78 is 44.7. The van der Waals surface area contributed by atoms with Gasteiger partial charge in [0.25, 0.3) is 0 Å². The Labute approximate surface area is 323 Å². The predicted octanol–water partition coefficient (Wildman–Crippen LogP) is 6.45. The molecule has 4 aliphatic rings. The first-order valence-corrected chi connectivity index (χ1v) is 19.6. The van der Waals surface area contributed by atoms with Crippen LogP contribution in [0.25, 0.3) is 0 Å². The molecule has 2 amide bonds. The van der Waals surface area contributed by atoms with Gasteiger partial charge >= 0.3 is 12.2 Å². The van der Waals surface area contributed by atoms with Crippen LogP contribution in [0.3, 0.4) is 0 Å². The third kappa shape index (κ3) is 12.0. The number of alkyl halides is 1. The lowest BCUT2D eigenvalue weighted by Crippen LogP contribution is -2.54. The van der Waals surface area contributed by atoms with Gasteiger partial charge in [0, 0.05) is 20.0 Å². The molecule has 5 rings (SSSR count). The number of carbonyl (C=O) groups is 2. The van der Waals surface area contributed by atoms with Crippen LogP contribution in [-0.2, 0) is 30.3 Å². The van der Waals surface area contributed by atoms with E-state index in [1.165, 1.54) is 33.3 Å². The van der Waals surface area contributed by atoms with Crippen LogP contribution in [0.2, 0.25) is 0 Å². The minimum atomic E-state index is -1.00. The number of ether oxygens (including phenoxy) is 5. The van der Waals surface area contributed by atoms with Crippen LogP contribution in [0.4, 0.5) is 14.0 Å². The molecule has 53 heavy (non-hydrogen) atoms. The van der Waals surface area contributed by atoms with Gasteiger partial charge in [-0.1, -0.05) is 74.6 Å². The van der Waals surface area contributed by atoms with E-state index in [1.807, 2.05) is 45.9 Å². The molecule has 0 aliphatic carbocycles. The van der Waals surface area contributed by atoms with E-state index in [1.54, 1.807) is 34.9 Å². The number of fused-ring (bicyclic) bond motifs is 2. The number of hydrogen-bond acceptors (Lipinski definition) is 13. The number of carbonyl (C=O) groups excluding carboxylic acids is 2. The number of thioether (sulfide) groups is 2. The van der Waals surface area contributed by atoms with E-state index in [4.69, 9.17) is 30.0 Å². The highest BCUT2D eigenvalue weighted by Gasteiger charge is 2.50. The molecule has 0 bridgehead atoms. The summed E-state index contributed by atoms with van der Waals surface area (Å²) in [6, 6.07) is 9.42. The summed E-state index contributed by atoms with van der Waals surface area (Å²) in [5, 5.41) is 21.2. The van der Waals surface area contributed by atoms with Crippen LogP contribution in [0.1, 0.15) is 82.1 Å². The van der Waals surface area contributed by atoms with E-state index in [2.05, 4.69) is 31.0 Å². The van der Waals surface area contributed by atoms with Crippen molar-refractivity contribution in [1.29, 1.82) is 0 Å². The fraction of sp³-hybridized carbons (Fsp3) is 0.730. The summed E-state index contributed by atoms with van der Waals surface area (Å²) in [5.41, 5.74) is -0.570. The summed E-state index contributed by atoms with van der Waals surface area (Å²) in [5.74, 6) is 0.209. The van der Waals surface area contributed by atoms with Crippen molar-refractivity contribution < 1.29 is 49.2 Å². The van der Waals surface area contributed by atoms with Gasteiger partial charge in [0.15, 0.2) is 10.3 Å². The van der Waals surface area contributed by atoms with E-state index in [-0.39, 0.29) is 29.6 Å². The molecule has 16 heteroatoms. The van der Waals surface area contributed by atoms with Crippen molar-refractivity contribution in [2.75, 3.05) is 21.2 Å². The van der Waals surface area contributed by atoms with E-state index in [0.29, 0.717) is 23.4 Å². The Morgan fingerprint density at radius 1 is 0.849 bits per heavy atom. The smallest absolute Gasteiger partial charge is 0.416 e. The number of halogens is 1. The molecule has 2 saturated heterocycles. The highest BCUT2D eigenvalue weighted by atomic mass is 32.2. The zero-order valence-electron chi connectivity index (χ0n) is 33.7. The van der Waals surface area contributed by atoms with Crippen LogP contribution >= 0.6 is 23.5 Å². The molecule has 0 radical (unpaired) electrons. The van der Waals surface area contributed by atoms with Gasteiger partial charge in [-0.05, 0) is 59.9 Å². The fourth-order valence-corrected chi connectivity index (χ4v) is 8.29. The van der Waals surface area contributed by atoms with Gasteiger partial charge in [0.1, 0.15) is 46.4 Å². The maximum atomic E-state index is 12.5. The molecule has 10 atom stereocenters. The third-order valence-corrected chi connectivity index (χ3v) is 11.1. The van der Waals surface area contributed by atoms with E-state index < -0.39 is 60.3 Å². The van der Waals surface area contributed by atoms with Gasteiger partial charge in [-0.15, -0.1) is 0 Å². The van der Waals surface area contributed by atoms with Crippen LogP contribution in [-0.4, -0.2) is 128 Å². The number of aliphatic hydroxyl groups excluding tert-OH is 2. The van der Waals surface area contributed by atoms with Crippen molar-refractivity contribution in [3.8, 4) is 0 Å². The first-order chi connectivity index (χ1) is 25.2. The SMILES string of the molecule is CC[C@H]1O[C@@H]2SC(N(C)C(=O)OC(C)(C)C)=N[C@@H]2[C@@H](O)[C@@H]1O.CC[C@H]1O[C@@H]2SC(N(C)C(=O)OC(C)(C)C)=N[C@@H]2[C@@H](OCc2ccccc2)[C@@H]1C.[2H]CF. The standard InChI is InChI=1S/C22H32N2O4S.C14H24N2O5S.CH3F/c1-7-16-14(2)18(26-13-15-11-9-8-10-12-15)17-19(27-16)29-20(23-17)24(6)21(25)28-22(3,4)5;1-6-7-9(17)10(18)8-11(20-7)22-12(15-8)16(5)13(19)21-14(2,3)4;1-2/h8-12,14,16-19H,7,13H2,1-6H3;7-11,17-18H,6H2,1-5H3;1H3/t14-,16-,17-,18+,19-;7-,8-,9-,10-,11-;/m11./s1/i;;1D. The zero-order valence-corrected chi connectivity index (χ0v) is 34.4. The largest absolute Gasteiger partial charge is 0.443 e. The molecule has 0 saturated carbocycles. The normalized spacial score (nSPS) is 30.8. The molecule has 0 unspecified atom stereocenters. The lowest BCUT2D eigenvalue weighted by atomic mass is 9.88. The highest BCUT2D eigenvalue weighted by Crippen LogP contribution is 2.42. The van der Waals surface area contributed by atoms with Gasteiger partial charge in [0.2, 0.25) is 0 Å². The monoisotopic (exact) mass is 787 g/mol. The molecule has 13 nitrogen and oxygen atoms in total. The number of amidine groups is 2. The Hall–Kier alpha value is -2.47. The molecule has 0 spiro atoms. The third-order valence-electron chi connectivity index (χ3n) is 8.66. The first-order valence-electron chi connectivity index (χ1n) is 18.6. The topological polar surface area (TPSA) is 152 Å². The number of nitrogens with zero attached hydrogens (tertiary/aromatic N) is 4. The van der Waals surface area contributed by atoms with Gasteiger partial charge in [-0.25, -0.2) is 9.59 Å². The number of aliphatic hydroxyl groups is 2. The molecule has 0 aromatic heterocycles. The van der Waals surface area contributed by atoms with Crippen LogP contribution in [0.15, 0.2) is 40.3 Å². The average molecular weight is 788 g/mol. The minimum absolute atomic E-state index is 0.0732. The number of aliphatic imine (C=N–C) groups is 2. The molecule has 2 fully saturated rings. The van der Waals surface area contributed by atoms with Crippen molar-refractivity contribution in [1.82, 2.24) is 9.80 Å². The zero-order chi connectivity index (χ0) is 40.5. The molecule has 1 aromatic carbocycles. The molecular formula is C37H59FN4O9S2. The second-order valence-electron chi connectivity index (χ2n) is 15.1. The van der Waals surface area contributed by atoms with Crippen molar-refractivity contribution in [3.63, 3.8) is 0 Å². The minimum Gasteiger partial charge on any atom is -0.443 e. The predicted molar refractivity (Wildman–Crippen MR) is 207 cm³/mol. The van der Waals surface area contributed by atoms with Crippen molar-refractivity contribution in [2.45, 2.75) is 146 Å². The average Bonchev–Trinajstić information content (AvgIpc) is 3.73. The van der Waals surface area contributed by atoms with Crippen LogP contribution in [0.5, 0.6) is 0 Å². The fourth-order valence-electron chi connectivity index (χ4n) is 5.93. The number of amides is 2. The van der Waals surface area contributed by atoms with E-state index in [9.17, 15) is 24.2 Å². The van der Waals surface area contributed by atoms with E-state index >= 15 is 0 Å². The lowest BCUT2D eigenvalue weighted by Gasteiger charge is -2.41. The van der Waals surface area contributed by atoms with E-state index in [0.717, 1.165) is 12.0 Å². The summed E-state index contributed by atoms with van der Waals surface area (Å²) in [6.45, 7) is 17.6. The van der Waals surface area contributed by atoms with Crippen LogP contribution < -0.4 is 0 Å². The molecule has 300 valence electrons. The van der Waals surface area contributed by atoms with Crippen LogP contribution in [0, 0.1) is 5.92 Å². The molecule has 4 aliphatic heterocycles. The highest BCUT2D eigenvalue weighted by molar-refractivity contribution is 8.14. The second-order valence-corrected chi connectivity index (χ2v) is 17.3. The van der Waals surface area contributed by atoms with Crippen molar-refractivity contribution in [3.05, 3.63) is 35.9 Å². The van der Waals surface area contributed by atoms with Gasteiger partial charge in [0.05, 0.1) is 33.4 Å². The van der Waals surface area contributed by atoms with Gasteiger partial charge in [-0.2, -0.15) is 0 Å². The maximum absolute atomic E-state index is 12.5. The quantitative estimate of drug-likeness (QED) is 0.339. The Morgan fingerprint density at radius 2 is 1.30 bits per heavy atom. The Bertz CT molecular complexity index is 1430. The number of rotatable bonds is 5. The number of benzene rings is 1. The van der Waals surface area contributed by atoms with Gasteiger partial charge < -0.3 is 33.9 Å². The molecule has 2 N–H and O–H groups in total. The second kappa shape index (κ2) is 19.4. The summed E-state index contributed by atoms with van der Waals surface area (Å²) in [7, 11) is 2.26. The van der Waals surface area contributed by atoms with Crippen molar-refractivity contribution >= 4 is 46.0 Å². The lowest BCUT2D eigenvalue weighted by molar-refractivity contribution is -0.153. The summed E-state index contributed by atoms with van der Waals surface area (Å²) in [4.78, 5) is 36.5. The molecular weight excluding hydrogens is 728 g/mol. The summed E-state index contributed by atoms with van der Waals surface area (Å²) >= 11 is 2.74. The molecule has 1 aromatic rings. The van der Waals surface area contributed by atoms with Crippen molar-refractivity contribution in [2.24, 2.45) is 15.9 Å². The van der Waals surface area contributed by atoms with Gasteiger partial charge in [-0.3, -0.25) is 24.2 Å². The number of hydrogen-bond donors (Lipinski definition) is 2. The first kappa shape index (κ1) is 43.3. The Morgan fingerprint density at radius 3 is 1.77 bits per heavy atom. The Balaban J connectivity index is 0.000000280. The Kier molecular flexibility index (Phi) is 15.8.